The van der Waals surface area contributed by atoms with Crippen LogP contribution in [0, 0.1) is 5.92 Å². The average molecular weight is 380 g/mol. The molecule has 1 aliphatic rings. The number of thioether (sulfide) groups is 1. The lowest BCUT2D eigenvalue weighted by atomic mass is 10.2. The van der Waals surface area contributed by atoms with Crippen molar-refractivity contribution in [3.63, 3.8) is 0 Å². The molecule has 1 fully saturated rings. The molecule has 0 spiro atoms. The van der Waals surface area contributed by atoms with Gasteiger partial charge in [0.2, 0.25) is 5.91 Å². The lowest BCUT2D eigenvalue weighted by Gasteiger charge is -2.15. The Bertz CT molecular complexity index is 443. The molecule has 0 aliphatic heterocycles. The first-order chi connectivity index (χ1) is 9.20. The molecule has 1 amide bonds. The highest BCUT2D eigenvalue weighted by molar-refractivity contribution is 9.10. The van der Waals surface area contributed by atoms with Crippen LogP contribution in [0.3, 0.4) is 0 Å². The molecular weight excluding hydrogens is 360 g/mol. The van der Waals surface area contributed by atoms with E-state index in [1.807, 2.05) is 18.2 Å². The van der Waals surface area contributed by atoms with Crippen molar-refractivity contribution in [2.75, 3.05) is 12.3 Å². The standard InChI is InChI=1S/C14H19BrN2OS.ClH/c15-11-3-1-2-4-13(11)19-8-7-14(18)17-12(9-16)10-5-6-10;/h1-4,10,12H,5-9,16H2,(H,17,18);1H. The zero-order valence-electron chi connectivity index (χ0n) is 11.2. The minimum absolute atomic E-state index is 0. The number of benzene rings is 1. The van der Waals surface area contributed by atoms with Crippen LogP contribution >= 0.6 is 40.1 Å². The lowest BCUT2D eigenvalue weighted by molar-refractivity contribution is -0.121. The average Bonchev–Trinajstić information content (AvgIpc) is 3.22. The van der Waals surface area contributed by atoms with Crippen molar-refractivity contribution < 1.29 is 4.79 Å². The summed E-state index contributed by atoms with van der Waals surface area (Å²) in [6.45, 7) is 0.549. The molecule has 0 radical (unpaired) electrons. The van der Waals surface area contributed by atoms with Crippen LogP contribution in [0.4, 0.5) is 0 Å². The molecule has 0 bridgehead atoms. The van der Waals surface area contributed by atoms with E-state index in [1.165, 1.54) is 17.7 Å². The fourth-order valence-electron chi connectivity index (χ4n) is 1.96. The number of nitrogens with one attached hydrogen (secondary N) is 1. The molecule has 1 aromatic carbocycles. The molecule has 0 aromatic heterocycles. The van der Waals surface area contributed by atoms with Crippen molar-refractivity contribution in [3.8, 4) is 0 Å². The van der Waals surface area contributed by atoms with Crippen LogP contribution in [0.15, 0.2) is 33.6 Å². The number of hydrogen-bond acceptors (Lipinski definition) is 3. The summed E-state index contributed by atoms with van der Waals surface area (Å²) in [7, 11) is 0. The van der Waals surface area contributed by atoms with Gasteiger partial charge in [-0.15, -0.1) is 24.2 Å². The van der Waals surface area contributed by atoms with E-state index < -0.39 is 0 Å². The number of hydrogen-bond donors (Lipinski definition) is 2. The minimum atomic E-state index is 0. The Kier molecular flexibility index (Phi) is 7.95. The fraction of sp³-hybridized carbons (Fsp3) is 0.500. The second-order valence-corrected chi connectivity index (χ2v) is 6.77. The van der Waals surface area contributed by atoms with Gasteiger partial charge in [0.05, 0.1) is 0 Å². The van der Waals surface area contributed by atoms with Crippen LogP contribution in [0.1, 0.15) is 19.3 Å². The number of nitrogens with two attached hydrogens (primary N) is 1. The molecule has 1 aromatic rings. The summed E-state index contributed by atoms with van der Waals surface area (Å²) in [6.07, 6.45) is 2.94. The van der Waals surface area contributed by atoms with Gasteiger partial charge in [-0.25, -0.2) is 0 Å². The Morgan fingerprint density at radius 3 is 2.75 bits per heavy atom. The van der Waals surface area contributed by atoms with Gasteiger partial charge in [0.15, 0.2) is 0 Å². The molecule has 1 aliphatic carbocycles. The number of rotatable bonds is 7. The Morgan fingerprint density at radius 1 is 1.45 bits per heavy atom. The van der Waals surface area contributed by atoms with E-state index >= 15 is 0 Å². The predicted octanol–water partition coefficient (Wildman–Crippen LogP) is 3.21. The number of carbonyl (C=O) groups excluding carboxylic acids is 1. The van der Waals surface area contributed by atoms with Crippen LogP contribution in [0.5, 0.6) is 0 Å². The summed E-state index contributed by atoms with van der Waals surface area (Å²) in [4.78, 5) is 13.0. The summed E-state index contributed by atoms with van der Waals surface area (Å²) < 4.78 is 1.08. The van der Waals surface area contributed by atoms with Crippen LogP contribution in [-0.4, -0.2) is 24.2 Å². The van der Waals surface area contributed by atoms with Gasteiger partial charge in [0.25, 0.3) is 0 Å². The normalized spacial score (nSPS) is 15.3. The first kappa shape index (κ1) is 17.8. The van der Waals surface area contributed by atoms with Gasteiger partial charge in [-0.2, -0.15) is 0 Å². The Labute approximate surface area is 139 Å². The zero-order chi connectivity index (χ0) is 13.7. The van der Waals surface area contributed by atoms with E-state index in [1.54, 1.807) is 11.8 Å². The Morgan fingerprint density at radius 2 is 2.15 bits per heavy atom. The number of amides is 1. The fourth-order valence-corrected chi connectivity index (χ4v) is 3.48. The van der Waals surface area contributed by atoms with E-state index in [9.17, 15) is 4.79 Å². The van der Waals surface area contributed by atoms with E-state index in [0.29, 0.717) is 18.9 Å². The van der Waals surface area contributed by atoms with Crippen molar-refractivity contribution in [3.05, 3.63) is 28.7 Å². The van der Waals surface area contributed by atoms with Crippen LogP contribution < -0.4 is 11.1 Å². The first-order valence-electron chi connectivity index (χ1n) is 6.57. The zero-order valence-corrected chi connectivity index (χ0v) is 14.4. The molecule has 6 heteroatoms. The van der Waals surface area contributed by atoms with Gasteiger partial charge in [-0.1, -0.05) is 12.1 Å². The first-order valence-corrected chi connectivity index (χ1v) is 8.35. The van der Waals surface area contributed by atoms with E-state index in [2.05, 4.69) is 27.3 Å². The van der Waals surface area contributed by atoms with Crippen molar-refractivity contribution >= 4 is 46.0 Å². The highest BCUT2D eigenvalue weighted by atomic mass is 79.9. The van der Waals surface area contributed by atoms with Gasteiger partial charge in [0.1, 0.15) is 0 Å². The largest absolute Gasteiger partial charge is 0.352 e. The Balaban J connectivity index is 0.00000200. The molecule has 1 unspecified atom stereocenters. The molecule has 1 atom stereocenters. The molecular formula is C14H20BrClN2OS. The van der Waals surface area contributed by atoms with Crippen molar-refractivity contribution in [2.24, 2.45) is 11.7 Å². The second kappa shape index (κ2) is 8.93. The number of halogens is 2. The SMILES string of the molecule is Cl.NCC(NC(=O)CCSc1ccccc1Br)C1CC1. The topological polar surface area (TPSA) is 55.1 Å². The highest BCUT2D eigenvalue weighted by Gasteiger charge is 2.30. The van der Waals surface area contributed by atoms with Gasteiger partial charge in [-0.05, 0) is 46.8 Å². The third kappa shape index (κ3) is 5.64. The summed E-state index contributed by atoms with van der Waals surface area (Å²) in [5.74, 6) is 1.52. The van der Waals surface area contributed by atoms with Crippen LogP contribution in [0.2, 0.25) is 0 Å². The molecule has 0 heterocycles. The lowest BCUT2D eigenvalue weighted by Crippen LogP contribution is -2.41. The third-order valence-corrected chi connectivity index (χ3v) is 5.24. The molecule has 112 valence electrons. The maximum Gasteiger partial charge on any atom is 0.221 e. The Hall–Kier alpha value is -0.230. The van der Waals surface area contributed by atoms with Gasteiger partial charge in [0, 0.05) is 34.1 Å². The summed E-state index contributed by atoms with van der Waals surface area (Å²) >= 11 is 5.20. The molecule has 20 heavy (non-hydrogen) atoms. The smallest absolute Gasteiger partial charge is 0.221 e. The summed E-state index contributed by atoms with van der Waals surface area (Å²) in [5, 5.41) is 3.04. The predicted molar refractivity (Wildman–Crippen MR) is 90.4 cm³/mol. The van der Waals surface area contributed by atoms with Crippen LogP contribution in [0.25, 0.3) is 0 Å². The second-order valence-electron chi connectivity index (χ2n) is 4.78. The van der Waals surface area contributed by atoms with Crippen LogP contribution in [-0.2, 0) is 4.79 Å². The highest BCUT2D eigenvalue weighted by Crippen LogP contribution is 2.32. The maximum absolute atomic E-state index is 11.8. The number of carbonyl (C=O) groups is 1. The third-order valence-electron chi connectivity index (χ3n) is 3.21. The molecule has 1 saturated carbocycles. The van der Waals surface area contributed by atoms with E-state index in [-0.39, 0.29) is 24.4 Å². The van der Waals surface area contributed by atoms with Gasteiger partial charge < -0.3 is 11.1 Å². The molecule has 3 N–H and O–H groups in total. The summed E-state index contributed by atoms with van der Waals surface area (Å²) in [5.41, 5.74) is 5.68. The monoisotopic (exact) mass is 378 g/mol. The molecule has 3 nitrogen and oxygen atoms in total. The van der Waals surface area contributed by atoms with Crippen molar-refractivity contribution in [2.45, 2.75) is 30.2 Å². The molecule has 0 saturated heterocycles. The van der Waals surface area contributed by atoms with E-state index in [0.717, 1.165) is 10.2 Å². The quantitative estimate of drug-likeness (QED) is 0.715. The maximum atomic E-state index is 11.8. The van der Waals surface area contributed by atoms with Gasteiger partial charge in [-0.3, -0.25) is 4.79 Å². The molecule has 2 rings (SSSR count). The van der Waals surface area contributed by atoms with Crippen molar-refractivity contribution in [1.29, 1.82) is 0 Å². The summed E-state index contributed by atoms with van der Waals surface area (Å²) in [6, 6.07) is 8.24. The minimum Gasteiger partial charge on any atom is -0.352 e. The van der Waals surface area contributed by atoms with E-state index in [4.69, 9.17) is 5.73 Å². The van der Waals surface area contributed by atoms with Gasteiger partial charge >= 0.3 is 0 Å². The van der Waals surface area contributed by atoms with Crippen molar-refractivity contribution in [1.82, 2.24) is 5.32 Å².